The van der Waals surface area contributed by atoms with E-state index in [4.69, 9.17) is 21.3 Å². The normalized spacial score (nSPS) is 12.2. The average molecular weight is 621 g/mol. The standard InChI is InChI=1S/C32H37ClN6O3S/c1-19-9-7-10-20(2)28(19)26-14-27(38-31(37-26)39-43-25-12-8-11-22(13-25)30(40)41)42-18-23(15-32(4,5)6)35-17-24-16-34-21(3)29(33)36-24/h7-14,16,23,35H,15,17-18H2,1-6H3,(H,40,41)(H,37,38,39)/t23-/m1/s1. The van der Waals surface area contributed by atoms with E-state index in [1.807, 2.05) is 51.1 Å². The Labute approximate surface area is 262 Å². The van der Waals surface area contributed by atoms with Crippen LogP contribution in [0.1, 0.15) is 60.1 Å². The quantitative estimate of drug-likeness (QED) is 0.139. The number of halogens is 1. The van der Waals surface area contributed by atoms with Gasteiger partial charge in [-0.15, -0.1) is 0 Å². The number of aryl methyl sites for hydroxylation is 3. The summed E-state index contributed by atoms with van der Waals surface area (Å²) in [5, 5.41) is 13.3. The van der Waals surface area contributed by atoms with E-state index in [0.29, 0.717) is 35.8 Å². The first-order valence-electron chi connectivity index (χ1n) is 13.9. The van der Waals surface area contributed by atoms with Crippen molar-refractivity contribution in [1.82, 2.24) is 25.3 Å². The minimum absolute atomic E-state index is 0.00923. The topological polar surface area (TPSA) is 122 Å². The number of carboxylic acids is 1. The zero-order valence-electron chi connectivity index (χ0n) is 25.2. The molecule has 0 aliphatic carbocycles. The van der Waals surface area contributed by atoms with E-state index in [-0.39, 0.29) is 17.0 Å². The minimum atomic E-state index is -0.984. The van der Waals surface area contributed by atoms with E-state index in [2.05, 4.69) is 45.8 Å². The molecule has 4 aromatic rings. The number of hydrogen-bond acceptors (Lipinski definition) is 9. The molecule has 1 atom stereocenters. The molecule has 2 aromatic carbocycles. The number of ether oxygens (including phenoxy) is 1. The molecule has 0 unspecified atom stereocenters. The molecule has 9 nitrogen and oxygen atoms in total. The van der Waals surface area contributed by atoms with Crippen LogP contribution in [-0.2, 0) is 6.54 Å². The van der Waals surface area contributed by atoms with Crippen LogP contribution in [-0.4, -0.2) is 43.7 Å². The van der Waals surface area contributed by atoms with Crippen LogP contribution >= 0.6 is 23.5 Å². The van der Waals surface area contributed by atoms with E-state index in [1.54, 1.807) is 24.4 Å². The summed E-state index contributed by atoms with van der Waals surface area (Å²) in [6.07, 6.45) is 2.57. The molecule has 0 bridgehead atoms. The number of nitrogens with zero attached hydrogens (tertiary/aromatic N) is 4. The molecule has 4 rings (SSSR count). The minimum Gasteiger partial charge on any atom is -0.478 e. The monoisotopic (exact) mass is 620 g/mol. The zero-order valence-corrected chi connectivity index (χ0v) is 26.8. The first kappa shape index (κ1) is 32.2. The number of aromatic carboxylic acids is 1. The Morgan fingerprint density at radius 1 is 1.05 bits per heavy atom. The summed E-state index contributed by atoms with van der Waals surface area (Å²) < 4.78 is 9.50. The van der Waals surface area contributed by atoms with Gasteiger partial charge < -0.3 is 15.2 Å². The Bertz CT molecular complexity index is 1570. The Balaban J connectivity index is 1.58. The van der Waals surface area contributed by atoms with Crippen molar-refractivity contribution in [2.75, 3.05) is 11.3 Å². The third-order valence-electron chi connectivity index (χ3n) is 6.59. The number of benzene rings is 2. The molecule has 0 aliphatic rings. The molecule has 0 amide bonds. The molecule has 11 heteroatoms. The van der Waals surface area contributed by atoms with Crippen LogP contribution < -0.4 is 14.8 Å². The predicted molar refractivity (Wildman–Crippen MR) is 172 cm³/mol. The largest absolute Gasteiger partial charge is 0.478 e. The fraction of sp³-hybridized carbons (Fsp3) is 0.344. The van der Waals surface area contributed by atoms with Crippen molar-refractivity contribution < 1.29 is 14.6 Å². The molecule has 226 valence electrons. The number of hydrogen-bond donors (Lipinski definition) is 3. The van der Waals surface area contributed by atoms with Gasteiger partial charge in [-0.25, -0.2) is 14.8 Å². The molecule has 0 saturated heterocycles. The SMILES string of the molecule is Cc1cccc(C)c1-c1cc(OC[C@@H](CC(C)(C)C)NCc2cnc(C)c(Cl)n2)nc(NSc2cccc(C(=O)O)c2)n1. The molecule has 0 spiro atoms. The van der Waals surface area contributed by atoms with Gasteiger partial charge in [0.05, 0.1) is 28.8 Å². The van der Waals surface area contributed by atoms with Crippen molar-refractivity contribution in [2.45, 2.75) is 65.4 Å². The Morgan fingerprint density at radius 2 is 1.77 bits per heavy atom. The number of nitrogens with one attached hydrogen (secondary N) is 2. The molecule has 3 N–H and O–H groups in total. The molecule has 0 aliphatic heterocycles. The number of carbonyl (C=O) groups is 1. The smallest absolute Gasteiger partial charge is 0.335 e. The summed E-state index contributed by atoms with van der Waals surface area (Å²) in [7, 11) is 0. The van der Waals surface area contributed by atoms with Gasteiger partial charge in [-0.2, -0.15) is 4.98 Å². The Kier molecular flexibility index (Phi) is 10.6. The van der Waals surface area contributed by atoms with Crippen LogP contribution in [0, 0.1) is 26.2 Å². The fourth-order valence-corrected chi connectivity index (χ4v) is 5.39. The van der Waals surface area contributed by atoms with Gasteiger partial charge in [0.25, 0.3) is 0 Å². The van der Waals surface area contributed by atoms with Gasteiger partial charge in [-0.3, -0.25) is 9.71 Å². The average Bonchev–Trinajstić information content (AvgIpc) is 2.94. The molecule has 0 saturated carbocycles. The third-order valence-corrected chi connectivity index (χ3v) is 7.72. The summed E-state index contributed by atoms with van der Waals surface area (Å²) in [6, 6.07) is 14.6. The molecular formula is C32H37ClN6O3S. The number of anilines is 1. The molecule has 43 heavy (non-hydrogen) atoms. The summed E-state index contributed by atoms with van der Waals surface area (Å²) in [6.45, 7) is 13.3. The summed E-state index contributed by atoms with van der Waals surface area (Å²) >= 11 is 7.43. The van der Waals surface area contributed by atoms with Gasteiger partial charge in [0.2, 0.25) is 11.8 Å². The van der Waals surface area contributed by atoms with Crippen molar-refractivity contribution >= 4 is 35.5 Å². The van der Waals surface area contributed by atoms with Crippen molar-refractivity contribution in [3.05, 3.63) is 88.0 Å². The predicted octanol–water partition coefficient (Wildman–Crippen LogP) is 7.30. The summed E-state index contributed by atoms with van der Waals surface area (Å²) in [5.41, 5.74) is 5.61. The van der Waals surface area contributed by atoms with E-state index >= 15 is 0 Å². The highest BCUT2D eigenvalue weighted by molar-refractivity contribution is 8.00. The first-order chi connectivity index (χ1) is 20.4. The van der Waals surface area contributed by atoms with Gasteiger partial charge in [0.15, 0.2) is 5.15 Å². The van der Waals surface area contributed by atoms with Gasteiger partial charge in [-0.1, -0.05) is 56.6 Å². The van der Waals surface area contributed by atoms with Crippen molar-refractivity contribution in [3.8, 4) is 17.1 Å². The second-order valence-electron chi connectivity index (χ2n) is 11.6. The van der Waals surface area contributed by atoms with Gasteiger partial charge in [0, 0.05) is 29.1 Å². The van der Waals surface area contributed by atoms with Crippen molar-refractivity contribution in [2.24, 2.45) is 5.41 Å². The van der Waals surface area contributed by atoms with E-state index in [9.17, 15) is 9.90 Å². The van der Waals surface area contributed by atoms with E-state index in [1.165, 1.54) is 11.9 Å². The highest BCUT2D eigenvalue weighted by Crippen LogP contribution is 2.30. The third kappa shape index (κ3) is 9.38. The second kappa shape index (κ2) is 14.2. The molecule has 2 heterocycles. The van der Waals surface area contributed by atoms with Crippen molar-refractivity contribution in [1.29, 1.82) is 0 Å². The lowest BCUT2D eigenvalue weighted by molar-refractivity contribution is 0.0696. The molecule has 2 aromatic heterocycles. The van der Waals surface area contributed by atoms with Crippen LogP contribution in [0.15, 0.2) is 59.6 Å². The van der Waals surface area contributed by atoms with E-state index in [0.717, 1.165) is 39.4 Å². The van der Waals surface area contributed by atoms with Gasteiger partial charge in [0.1, 0.15) is 6.61 Å². The molecular weight excluding hydrogens is 584 g/mol. The Hall–Kier alpha value is -3.73. The van der Waals surface area contributed by atoms with Crippen LogP contribution in [0.25, 0.3) is 11.3 Å². The zero-order chi connectivity index (χ0) is 31.1. The highest BCUT2D eigenvalue weighted by Gasteiger charge is 2.21. The molecule has 0 radical (unpaired) electrons. The lowest BCUT2D eigenvalue weighted by Crippen LogP contribution is -2.37. The fourth-order valence-electron chi connectivity index (χ4n) is 4.60. The maximum absolute atomic E-state index is 11.4. The second-order valence-corrected chi connectivity index (χ2v) is 12.8. The Morgan fingerprint density at radius 3 is 2.44 bits per heavy atom. The maximum Gasteiger partial charge on any atom is 0.335 e. The first-order valence-corrected chi connectivity index (χ1v) is 15.1. The van der Waals surface area contributed by atoms with Crippen LogP contribution in [0.2, 0.25) is 5.15 Å². The number of carboxylic acid groups (broad SMARTS) is 1. The lowest BCUT2D eigenvalue weighted by Gasteiger charge is -2.27. The summed E-state index contributed by atoms with van der Waals surface area (Å²) in [5.74, 6) is -0.206. The maximum atomic E-state index is 11.4. The number of rotatable bonds is 12. The van der Waals surface area contributed by atoms with Crippen LogP contribution in [0.3, 0.4) is 0 Å². The molecule has 0 fully saturated rings. The van der Waals surface area contributed by atoms with Gasteiger partial charge >= 0.3 is 5.97 Å². The van der Waals surface area contributed by atoms with Crippen LogP contribution in [0.4, 0.5) is 5.95 Å². The van der Waals surface area contributed by atoms with Gasteiger partial charge in [-0.05, 0) is 73.9 Å². The van der Waals surface area contributed by atoms with Crippen LogP contribution in [0.5, 0.6) is 5.88 Å². The lowest BCUT2D eigenvalue weighted by atomic mass is 9.88. The highest BCUT2D eigenvalue weighted by atomic mass is 35.5. The summed E-state index contributed by atoms with van der Waals surface area (Å²) in [4.78, 5) is 30.3. The van der Waals surface area contributed by atoms with Crippen molar-refractivity contribution in [3.63, 3.8) is 0 Å². The van der Waals surface area contributed by atoms with E-state index < -0.39 is 5.97 Å². The number of aromatic nitrogens is 4.